The maximum Gasteiger partial charge on any atom is 0.291 e. The molecule has 9 heteroatoms. The minimum absolute atomic E-state index is 0.120. The van der Waals surface area contributed by atoms with Crippen LogP contribution in [0.3, 0.4) is 0 Å². The van der Waals surface area contributed by atoms with E-state index in [1.54, 1.807) is 12.4 Å². The van der Waals surface area contributed by atoms with E-state index in [0.29, 0.717) is 0 Å². The molecule has 0 radical (unpaired) electrons. The minimum Gasteiger partial charge on any atom is -0.367 e. The van der Waals surface area contributed by atoms with Crippen molar-refractivity contribution in [3.8, 4) is 0 Å². The lowest BCUT2D eigenvalue weighted by molar-refractivity contribution is -0.742. The van der Waals surface area contributed by atoms with Gasteiger partial charge in [-0.1, -0.05) is 72.8 Å². The number of nitrogens with two attached hydrogens (primary N) is 1. The minimum atomic E-state index is -1.50. The Kier molecular flexibility index (Phi) is 7.42. The van der Waals surface area contributed by atoms with Crippen molar-refractivity contribution in [2.24, 2.45) is 21.0 Å². The molecule has 0 atom stereocenters. The zero-order valence-electron chi connectivity index (χ0n) is 16.9. The second-order valence-corrected chi connectivity index (χ2v) is 6.55. The largest absolute Gasteiger partial charge is 0.367 e. The van der Waals surface area contributed by atoms with Crippen molar-refractivity contribution < 1.29 is 10.3 Å². The van der Waals surface area contributed by atoms with Gasteiger partial charge in [0.2, 0.25) is 5.96 Å². The normalized spacial score (nSPS) is 11.6. The Bertz CT molecular complexity index is 1310. The number of guanidine groups is 1. The highest BCUT2D eigenvalue weighted by molar-refractivity contribution is 5.92. The van der Waals surface area contributed by atoms with Crippen LogP contribution in [0.25, 0.3) is 21.5 Å². The molecule has 0 aromatic heterocycles. The van der Waals surface area contributed by atoms with E-state index < -0.39 is 5.09 Å². The summed E-state index contributed by atoms with van der Waals surface area (Å²) in [4.78, 5) is 8.36. The van der Waals surface area contributed by atoms with Crippen molar-refractivity contribution >= 4 is 39.9 Å². The van der Waals surface area contributed by atoms with Crippen molar-refractivity contribution in [2.75, 3.05) is 0 Å². The summed E-state index contributed by atoms with van der Waals surface area (Å²) in [5.74, 6) is 0.120. The number of fused-ring (bicyclic) bond motifs is 2. The first-order valence-electron chi connectivity index (χ1n) is 9.48. The molecule has 32 heavy (non-hydrogen) atoms. The van der Waals surface area contributed by atoms with Gasteiger partial charge in [-0.25, -0.2) is 5.43 Å². The van der Waals surface area contributed by atoms with Crippen LogP contribution in [-0.2, 0) is 0 Å². The molecule has 0 saturated heterocycles. The highest BCUT2D eigenvalue weighted by atomic mass is 16.9. The number of hydrogen-bond acceptors (Lipinski definition) is 5. The number of nitrogens with zero attached hydrogens (tertiary/aromatic N) is 4. The van der Waals surface area contributed by atoms with E-state index in [-0.39, 0.29) is 5.96 Å². The number of nitrogens with one attached hydrogen (secondary N) is 1. The molecule has 0 bridgehead atoms. The molecule has 0 aliphatic carbocycles. The van der Waals surface area contributed by atoms with Gasteiger partial charge in [0.15, 0.2) is 0 Å². The van der Waals surface area contributed by atoms with Crippen LogP contribution in [-0.4, -0.2) is 28.7 Å². The number of hydrogen-bond donors (Lipinski definition) is 3. The standard InChI is InChI=1S/C23H19N5.HNO3/c24-23(27-25-15-17-9-11-19-5-1-3-7-21(19)13-17)28-26-16-18-10-12-20-6-2-4-8-22(20)14-18;2-1(3)4/h1-16H,(H3,24,27,28);(H,2,3,4)/b25-15-,26-16+;. The van der Waals surface area contributed by atoms with Gasteiger partial charge in [0.05, 0.1) is 12.4 Å². The molecule has 9 nitrogen and oxygen atoms in total. The molecule has 0 aliphatic rings. The predicted octanol–water partition coefficient (Wildman–Crippen LogP) is 3.92. The van der Waals surface area contributed by atoms with Gasteiger partial charge in [-0.15, -0.1) is 15.2 Å². The number of hydrazone groups is 1. The Morgan fingerprint density at radius 2 is 1.31 bits per heavy atom. The van der Waals surface area contributed by atoms with Crippen LogP contribution in [0.5, 0.6) is 0 Å². The second kappa shape index (κ2) is 10.8. The van der Waals surface area contributed by atoms with Gasteiger partial charge in [-0.2, -0.15) is 10.2 Å². The highest BCUT2D eigenvalue weighted by Crippen LogP contribution is 2.15. The summed E-state index contributed by atoms with van der Waals surface area (Å²) in [6, 6.07) is 28.6. The van der Waals surface area contributed by atoms with Crippen molar-refractivity contribution in [3.05, 3.63) is 106 Å². The lowest BCUT2D eigenvalue weighted by Crippen LogP contribution is -2.26. The summed E-state index contributed by atoms with van der Waals surface area (Å²) >= 11 is 0. The molecule has 0 spiro atoms. The van der Waals surface area contributed by atoms with Gasteiger partial charge in [0.25, 0.3) is 5.09 Å². The number of benzene rings is 4. The molecule has 0 unspecified atom stereocenters. The quantitative estimate of drug-likeness (QED) is 0.196. The maximum absolute atomic E-state index is 8.36. The fraction of sp³-hybridized carbons (Fsp3) is 0. The monoisotopic (exact) mass is 428 g/mol. The number of rotatable bonds is 4. The van der Waals surface area contributed by atoms with Crippen molar-refractivity contribution in [1.29, 1.82) is 0 Å². The van der Waals surface area contributed by atoms with Crippen LogP contribution in [0, 0.1) is 10.1 Å². The van der Waals surface area contributed by atoms with Gasteiger partial charge >= 0.3 is 0 Å². The first kappa shape index (κ1) is 21.9. The zero-order valence-corrected chi connectivity index (χ0v) is 16.9. The SMILES string of the molecule is N/C(=N\N=C\c1ccc2ccccc2c1)N/N=C\c1ccc2ccccc2c1.O=[N+]([O-])O. The van der Waals surface area contributed by atoms with Crippen LogP contribution in [0.2, 0.25) is 0 Å². The smallest absolute Gasteiger partial charge is 0.291 e. The van der Waals surface area contributed by atoms with Crippen LogP contribution in [0.15, 0.2) is 100 Å². The van der Waals surface area contributed by atoms with Crippen LogP contribution >= 0.6 is 0 Å². The van der Waals surface area contributed by atoms with Crippen LogP contribution in [0.4, 0.5) is 0 Å². The third-order valence-corrected chi connectivity index (χ3v) is 4.31. The molecule has 4 N–H and O–H groups in total. The summed E-state index contributed by atoms with van der Waals surface area (Å²) in [5, 5.41) is 30.4. The molecule has 4 aromatic carbocycles. The fourth-order valence-electron chi connectivity index (χ4n) is 2.93. The maximum atomic E-state index is 8.36. The first-order valence-corrected chi connectivity index (χ1v) is 9.48. The van der Waals surface area contributed by atoms with E-state index in [1.165, 1.54) is 10.8 Å². The average Bonchev–Trinajstić information content (AvgIpc) is 2.78. The predicted molar refractivity (Wildman–Crippen MR) is 127 cm³/mol. The second-order valence-electron chi connectivity index (χ2n) is 6.55. The zero-order chi connectivity index (χ0) is 22.8. The first-order chi connectivity index (χ1) is 15.5. The van der Waals surface area contributed by atoms with E-state index in [2.05, 4.69) is 69.3 Å². The third-order valence-electron chi connectivity index (χ3n) is 4.31. The Morgan fingerprint density at radius 1 is 0.844 bits per heavy atom. The van der Waals surface area contributed by atoms with Crippen molar-refractivity contribution in [1.82, 2.24) is 5.43 Å². The molecule has 0 fully saturated rings. The topological polar surface area (TPSA) is 138 Å². The van der Waals surface area contributed by atoms with Gasteiger partial charge in [-0.3, -0.25) is 0 Å². The molecular formula is C23H20N6O3. The fourth-order valence-corrected chi connectivity index (χ4v) is 2.93. The van der Waals surface area contributed by atoms with Crippen LogP contribution < -0.4 is 11.2 Å². The Balaban J connectivity index is 0.000000668. The van der Waals surface area contributed by atoms with Crippen LogP contribution in [0.1, 0.15) is 11.1 Å². The molecule has 0 heterocycles. The summed E-state index contributed by atoms with van der Waals surface area (Å²) in [5.41, 5.74) is 10.4. The molecule has 0 saturated carbocycles. The summed E-state index contributed by atoms with van der Waals surface area (Å²) in [6.45, 7) is 0. The van der Waals surface area contributed by atoms with E-state index >= 15 is 0 Å². The van der Waals surface area contributed by atoms with E-state index in [0.717, 1.165) is 21.9 Å². The molecule has 4 aromatic rings. The van der Waals surface area contributed by atoms with Gasteiger partial charge in [-0.05, 0) is 44.8 Å². The molecular weight excluding hydrogens is 408 g/mol. The highest BCUT2D eigenvalue weighted by Gasteiger charge is 1.95. The van der Waals surface area contributed by atoms with E-state index in [1.807, 2.05) is 36.4 Å². The summed E-state index contributed by atoms with van der Waals surface area (Å²) in [7, 11) is 0. The van der Waals surface area contributed by atoms with Gasteiger partial charge in [0, 0.05) is 0 Å². The molecule has 4 rings (SSSR count). The third kappa shape index (κ3) is 6.63. The molecule has 0 amide bonds. The average molecular weight is 428 g/mol. The Hall–Kier alpha value is -4.79. The van der Waals surface area contributed by atoms with E-state index in [9.17, 15) is 0 Å². The van der Waals surface area contributed by atoms with Crippen molar-refractivity contribution in [3.63, 3.8) is 0 Å². The summed E-state index contributed by atoms with van der Waals surface area (Å²) < 4.78 is 0. The lowest BCUT2D eigenvalue weighted by atomic mass is 10.1. The summed E-state index contributed by atoms with van der Waals surface area (Å²) in [6.07, 6.45) is 3.36. The Morgan fingerprint density at radius 3 is 1.84 bits per heavy atom. The Labute approximate surface area is 183 Å². The van der Waals surface area contributed by atoms with Crippen molar-refractivity contribution in [2.45, 2.75) is 0 Å². The van der Waals surface area contributed by atoms with Gasteiger partial charge < -0.3 is 10.9 Å². The molecule has 0 aliphatic heterocycles. The van der Waals surface area contributed by atoms with Gasteiger partial charge in [0.1, 0.15) is 0 Å². The molecule has 160 valence electrons. The van der Waals surface area contributed by atoms with E-state index in [4.69, 9.17) is 21.1 Å². The lowest BCUT2D eigenvalue weighted by Gasteiger charge is -2.00.